The first-order valence-electron chi connectivity index (χ1n) is 7.87. The van der Waals surface area contributed by atoms with E-state index in [1.807, 2.05) is 0 Å². The van der Waals surface area contributed by atoms with E-state index < -0.39 is 0 Å². The second-order valence-electron chi connectivity index (χ2n) is 6.84. The molecule has 1 aromatic carbocycles. The maximum atomic E-state index is 6.09. The zero-order valence-electron chi connectivity index (χ0n) is 13.6. The molecule has 0 aliphatic heterocycles. The third kappa shape index (κ3) is 2.46. The lowest BCUT2D eigenvalue weighted by molar-refractivity contribution is 0.252. The maximum absolute atomic E-state index is 6.09. The lowest BCUT2D eigenvalue weighted by atomic mass is 9.63. The molecule has 0 atom stereocenters. The first-order valence-corrected chi connectivity index (χ1v) is 7.87. The predicted octanol–water partition coefficient (Wildman–Crippen LogP) is 4.32. The molecule has 0 spiro atoms. The van der Waals surface area contributed by atoms with Gasteiger partial charge in [0.2, 0.25) is 0 Å². The highest BCUT2D eigenvalue weighted by Crippen LogP contribution is 2.46. The van der Waals surface area contributed by atoms with Gasteiger partial charge in [0.1, 0.15) is 5.75 Å². The van der Waals surface area contributed by atoms with Crippen LogP contribution in [0, 0.1) is 0 Å². The summed E-state index contributed by atoms with van der Waals surface area (Å²) >= 11 is 0. The normalized spacial score (nSPS) is 17.4. The van der Waals surface area contributed by atoms with Crippen LogP contribution < -0.4 is 10.5 Å². The van der Waals surface area contributed by atoms with Crippen LogP contribution >= 0.6 is 0 Å². The second kappa shape index (κ2) is 5.77. The number of rotatable bonds is 5. The molecule has 0 heterocycles. The Kier molecular flexibility index (Phi) is 4.43. The second-order valence-corrected chi connectivity index (χ2v) is 6.84. The predicted molar refractivity (Wildman–Crippen MR) is 85.8 cm³/mol. The molecule has 1 aliphatic rings. The first kappa shape index (κ1) is 15.4. The Morgan fingerprint density at radius 1 is 1.10 bits per heavy atom. The van der Waals surface area contributed by atoms with Crippen molar-refractivity contribution in [3.8, 4) is 5.75 Å². The summed E-state index contributed by atoms with van der Waals surface area (Å²) in [5.41, 5.74) is 10.4. The summed E-state index contributed by atoms with van der Waals surface area (Å²) in [5.74, 6) is 2.01. The highest BCUT2D eigenvalue weighted by molar-refractivity contribution is 5.50. The van der Waals surface area contributed by atoms with Crippen LogP contribution in [0.25, 0.3) is 0 Å². The highest BCUT2D eigenvalue weighted by atomic mass is 16.5. The van der Waals surface area contributed by atoms with Crippen LogP contribution in [0.4, 0.5) is 0 Å². The summed E-state index contributed by atoms with van der Waals surface area (Å²) < 4.78 is 5.72. The van der Waals surface area contributed by atoms with E-state index in [1.54, 1.807) is 7.11 Å². The summed E-state index contributed by atoms with van der Waals surface area (Å²) in [4.78, 5) is 0. The number of hydrogen-bond acceptors (Lipinski definition) is 2. The molecule has 2 N–H and O–H groups in total. The summed E-state index contributed by atoms with van der Waals surface area (Å²) in [6.45, 7) is 9.71. The fraction of sp³-hybridized carbons (Fsp3) is 0.667. The highest BCUT2D eigenvalue weighted by Gasteiger charge is 2.38. The average molecular weight is 275 g/mol. The zero-order valence-corrected chi connectivity index (χ0v) is 13.6. The molecule has 2 heteroatoms. The van der Waals surface area contributed by atoms with Crippen molar-refractivity contribution in [3.05, 3.63) is 28.8 Å². The van der Waals surface area contributed by atoms with E-state index in [1.165, 1.54) is 36.0 Å². The summed E-state index contributed by atoms with van der Waals surface area (Å²) in [6, 6.07) is 4.70. The zero-order chi connectivity index (χ0) is 14.9. The molecular formula is C18H29NO. The molecule has 1 aromatic rings. The smallest absolute Gasteiger partial charge is 0.125 e. The summed E-state index contributed by atoms with van der Waals surface area (Å²) in [6.07, 6.45) is 3.76. The monoisotopic (exact) mass is 275 g/mol. The standard InChI is InChI=1S/C18H29NO/c1-12(2)15-9-14(18(11-19)7-6-8-18)10-16(13(3)4)17(15)20-5/h9-10,12-13H,6-8,11,19H2,1-5H3. The minimum atomic E-state index is 0.222. The molecule has 0 amide bonds. The molecule has 1 fully saturated rings. The maximum Gasteiger partial charge on any atom is 0.125 e. The average Bonchev–Trinajstić information content (AvgIpc) is 2.36. The Hall–Kier alpha value is -1.02. The van der Waals surface area contributed by atoms with Crippen molar-refractivity contribution in [1.82, 2.24) is 0 Å². The van der Waals surface area contributed by atoms with Gasteiger partial charge >= 0.3 is 0 Å². The Balaban J connectivity index is 2.60. The molecule has 1 saturated carbocycles. The Morgan fingerprint density at radius 3 is 1.85 bits per heavy atom. The molecule has 0 radical (unpaired) electrons. The van der Waals surface area contributed by atoms with Crippen molar-refractivity contribution < 1.29 is 4.74 Å². The Labute approximate surface area is 123 Å². The topological polar surface area (TPSA) is 35.2 Å². The molecule has 0 bridgehead atoms. The van der Waals surface area contributed by atoms with Crippen LogP contribution in [0.1, 0.15) is 75.5 Å². The molecule has 112 valence electrons. The van der Waals surface area contributed by atoms with Crippen LogP contribution in [0.2, 0.25) is 0 Å². The Morgan fingerprint density at radius 2 is 1.60 bits per heavy atom. The van der Waals surface area contributed by atoms with Crippen LogP contribution in [0.5, 0.6) is 5.75 Å². The van der Waals surface area contributed by atoms with E-state index in [9.17, 15) is 0 Å². The van der Waals surface area contributed by atoms with Crippen molar-refractivity contribution in [2.24, 2.45) is 5.73 Å². The number of hydrogen-bond donors (Lipinski definition) is 1. The van der Waals surface area contributed by atoms with Crippen LogP contribution in [0.3, 0.4) is 0 Å². The van der Waals surface area contributed by atoms with Gasteiger partial charge in [0.05, 0.1) is 7.11 Å². The van der Waals surface area contributed by atoms with Crippen molar-refractivity contribution in [3.63, 3.8) is 0 Å². The largest absolute Gasteiger partial charge is 0.496 e. The Bertz CT molecular complexity index is 438. The summed E-state index contributed by atoms with van der Waals surface area (Å²) in [5, 5.41) is 0. The van der Waals surface area contributed by atoms with Crippen LogP contribution in [-0.2, 0) is 5.41 Å². The lowest BCUT2D eigenvalue weighted by Gasteiger charge is -2.42. The number of ether oxygens (including phenoxy) is 1. The van der Waals surface area contributed by atoms with Crippen LogP contribution in [-0.4, -0.2) is 13.7 Å². The van der Waals surface area contributed by atoms with Gasteiger partial charge in [-0.1, -0.05) is 46.2 Å². The van der Waals surface area contributed by atoms with Gasteiger partial charge in [-0.25, -0.2) is 0 Å². The van der Waals surface area contributed by atoms with Gasteiger partial charge in [-0.15, -0.1) is 0 Å². The van der Waals surface area contributed by atoms with Gasteiger partial charge in [-0.3, -0.25) is 0 Å². The SMILES string of the molecule is COc1c(C(C)C)cc(C2(CN)CCC2)cc1C(C)C. The number of nitrogens with two attached hydrogens (primary N) is 1. The molecule has 0 aromatic heterocycles. The molecule has 20 heavy (non-hydrogen) atoms. The van der Waals surface area contributed by atoms with E-state index in [-0.39, 0.29) is 5.41 Å². The van der Waals surface area contributed by atoms with Crippen LogP contribution in [0.15, 0.2) is 12.1 Å². The van der Waals surface area contributed by atoms with E-state index in [4.69, 9.17) is 10.5 Å². The third-order valence-corrected chi connectivity index (χ3v) is 4.91. The first-order chi connectivity index (χ1) is 9.45. The van der Waals surface area contributed by atoms with Crippen molar-refractivity contribution in [2.45, 2.75) is 64.2 Å². The fourth-order valence-corrected chi connectivity index (χ4v) is 3.29. The van der Waals surface area contributed by atoms with Crippen molar-refractivity contribution in [2.75, 3.05) is 13.7 Å². The van der Waals surface area contributed by atoms with Gasteiger partial charge in [-0.2, -0.15) is 0 Å². The fourth-order valence-electron chi connectivity index (χ4n) is 3.29. The molecule has 0 unspecified atom stereocenters. The molecule has 2 rings (SSSR count). The molecular weight excluding hydrogens is 246 g/mol. The summed E-state index contributed by atoms with van der Waals surface area (Å²) in [7, 11) is 1.79. The van der Waals surface area contributed by atoms with Gasteiger partial charge in [-0.05, 0) is 41.4 Å². The number of benzene rings is 1. The van der Waals surface area contributed by atoms with Crippen molar-refractivity contribution >= 4 is 0 Å². The third-order valence-electron chi connectivity index (χ3n) is 4.91. The minimum Gasteiger partial charge on any atom is -0.496 e. The van der Waals surface area contributed by atoms with Gasteiger partial charge < -0.3 is 10.5 Å². The number of methoxy groups -OCH3 is 1. The quantitative estimate of drug-likeness (QED) is 0.868. The molecule has 2 nitrogen and oxygen atoms in total. The van der Waals surface area contributed by atoms with Gasteiger partial charge in [0.25, 0.3) is 0 Å². The van der Waals surface area contributed by atoms with Gasteiger partial charge in [0.15, 0.2) is 0 Å². The molecule has 0 saturated heterocycles. The van der Waals surface area contributed by atoms with Crippen molar-refractivity contribution in [1.29, 1.82) is 0 Å². The van der Waals surface area contributed by atoms with E-state index in [2.05, 4.69) is 39.8 Å². The van der Waals surface area contributed by atoms with E-state index >= 15 is 0 Å². The lowest BCUT2D eigenvalue weighted by Crippen LogP contribution is -2.41. The van der Waals surface area contributed by atoms with Gasteiger partial charge in [0, 0.05) is 12.0 Å². The van der Waals surface area contributed by atoms with E-state index in [0.717, 1.165) is 12.3 Å². The molecule has 1 aliphatic carbocycles. The van der Waals surface area contributed by atoms with E-state index in [0.29, 0.717) is 11.8 Å². The minimum absolute atomic E-state index is 0.222.